The predicted molar refractivity (Wildman–Crippen MR) is 119 cm³/mol. The van der Waals surface area contributed by atoms with Crippen molar-refractivity contribution >= 4 is 32.4 Å². The fourth-order valence-electron chi connectivity index (χ4n) is 3.86. The molecule has 7 nitrogen and oxygen atoms in total. The van der Waals surface area contributed by atoms with Crippen LogP contribution in [-0.4, -0.2) is 35.1 Å². The summed E-state index contributed by atoms with van der Waals surface area (Å²) in [5.74, 6) is 1.09. The van der Waals surface area contributed by atoms with Gasteiger partial charge in [0.1, 0.15) is 0 Å². The van der Waals surface area contributed by atoms with Crippen LogP contribution in [0.15, 0.2) is 59.5 Å². The van der Waals surface area contributed by atoms with Crippen LogP contribution in [0.1, 0.15) is 18.4 Å². The summed E-state index contributed by atoms with van der Waals surface area (Å²) >= 11 is 0. The summed E-state index contributed by atoms with van der Waals surface area (Å²) in [5.41, 5.74) is 1.56. The number of amides is 1. The largest absolute Gasteiger partial charge is 0.493 e. The molecule has 1 heterocycles. The highest BCUT2D eigenvalue weighted by molar-refractivity contribution is 7.93. The molecule has 0 aromatic heterocycles. The Hall–Kier alpha value is -3.26. The molecule has 0 radical (unpaired) electrons. The third kappa shape index (κ3) is 3.90. The first-order valence-electron chi connectivity index (χ1n) is 9.98. The van der Waals surface area contributed by atoms with Gasteiger partial charge in [-0.3, -0.25) is 9.10 Å². The number of hydrogen-bond donors (Lipinski definition) is 1. The van der Waals surface area contributed by atoms with E-state index in [9.17, 15) is 13.2 Å². The minimum atomic E-state index is -3.59. The maximum absolute atomic E-state index is 13.0. The Labute approximate surface area is 181 Å². The Bertz CT molecular complexity index is 1230. The zero-order chi connectivity index (χ0) is 22.0. The second-order valence-electron chi connectivity index (χ2n) is 7.28. The molecule has 0 saturated heterocycles. The SMILES string of the molecule is COc1ccc(CNC(=O)CCCN2c3cccc4cccc(c34)S2(=O)=O)cc1OC. The first kappa shape index (κ1) is 21.0. The highest BCUT2D eigenvalue weighted by Gasteiger charge is 2.34. The molecule has 0 spiro atoms. The van der Waals surface area contributed by atoms with E-state index in [1.54, 1.807) is 32.4 Å². The van der Waals surface area contributed by atoms with Crippen molar-refractivity contribution in [3.05, 3.63) is 60.2 Å². The molecule has 0 saturated carbocycles. The number of hydrogen-bond acceptors (Lipinski definition) is 5. The summed E-state index contributed by atoms with van der Waals surface area (Å²) < 4.78 is 37.8. The standard InChI is InChI=1S/C23H24N2O5S/c1-29-19-12-11-16(14-20(19)30-2)15-24-22(26)10-5-13-25-18-8-3-6-17-7-4-9-21(23(17)18)31(25,27)28/h3-4,6-9,11-12,14H,5,10,13,15H2,1-2H3,(H,24,26). The molecular formula is C23H24N2O5S. The second kappa shape index (κ2) is 8.47. The molecule has 1 aliphatic heterocycles. The fraction of sp³-hybridized carbons (Fsp3) is 0.261. The van der Waals surface area contributed by atoms with E-state index in [0.717, 1.165) is 16.3 Å². The number of benzene rings is 3. The number of nitrogens with zero attached hydrogens (tertiary/aromatic N) is 1. The molecule has 3 aromatic carbocycles. The molecule has 1 N–H and O–H groups in total. The topological polar surface area (TPSA) is 84.9 Å². The van der Waals surface area contributed by atoms with Crippen LogP contribution in [-0.2, 0) is 21.4 Å². The van der Waals surface area contributed by atoms with Gasteiger partial charge in [0.05, 0.1) is 24.8 Å². The Morgan fingerprint density at radius 2 is 1.74 bits per heavy atom. The van der Waals surface area contributed by atoms with E-state index in [2.05, 4.69) is 5.32 Å². The van der Waals surface area contributed by atoms with E-state index in [-0.39, 0.29) is 18.9 Å². The smallest absolute Gasteiger partial charge is 0.265 e. The molecule has 4 rings (SSSR count). The maximum atomic E-state index is 13.0. The van der Waals surface area contributed by atoms with E-state index in [0.29, 0.717) is 35.0 Å². The summed E-state index contributed by atoms with van der Waals surface area (Å²) in [7, 11) is -0.461. The van der Waals surface area contributed by atoms with E-state index in [1.165, 1.54) is 4.31 Å². The van der Waals surface area contributed by atoms with Crippen molar-refractivity contribution in [1.29, 1.82) is 0 Å². The van der Waals surface area contributed by atoms with Gasteiger partial charge in [0.15, 0.2) is 11.5 Å². The van der Waals surface area contributed by atoms with Gasteiger partial charge in [0.2, 0.25) is 5.91 Å². The van der Waals surface area contributed by atoms with E-state index in [1.807, 2.05) is 36.4 Å². The molecule has 31 heavy (non-hydrogen) atoms. The number of ether oxygens (including phenoxy) is 2. The van der Waals surface area contributed by atoms with E-state index < -0.39 is 10.0 Å². The maximum Gasteiger partial charge on any atom is 0.265 e. The molecular weight excluding hydrogens is 416 g/mol. The summed E-state index contributed by atoms with van der Waals surface area (Å²) in [4.78, 5) is 12.6. The van der Waals surface area contributed by atoms with Gasteiger partial charge in [-0.1, -0.05) is 30.3 Å². The number of methoxy groups -OCH3 is 2. The summed E-state index contributed by atoms with van der Waals surface area (Å²) in [6, 6.07) is 16.3. The second-order valence-corrected chi connectivity index (χ2v) is 9.11. The van der Waals surface area contributed by atoms with Gasteiger partial charge in [-0.25, -0.2) is 8.42 Å². The van der Waals surface area contributed by atoms with Gasteiger partial charge in [0.25, 0.3) is 10.0 Å². The van der Waals surface area contributed by atoms with Crippen LogP contribution in [0.3, 0.4) is 0 Å². The third-order valence-corrected chi connectivity index (χ3v) is 7.24. The molecule has 1 aliphatic rings. The van der Waals surface area contributed by atoms with Crippen molar-refractivity contribution < 1.29 is 22.7 Å². The van der Waals surface area contributed by atoms with Crippen LogP contribution in [0.25, 0.3) is 10.8 Å². The van der Waals surface area contributed by atoms with Crippen LogP contribution in [0.4, 0.5) is 5.69 Å². The Morgan fingerprint density at radius 3 is 2.48 bits per heavy atom. The van der Waals surface area contributed by atoms with Gasteiger partial charge < -0.3 is 14.8 Å². The van der Waals surface area contributed by atoms with Crippen molar-refractivity contribution in [2.45, 2.75) is 24.3 Å². The van der Waals surface area contributed by atoms with Gasteiger partial charge in [-0.2, -0.15) is 0 Å². The van der Waals surface area contributed by atoms with Gasteiger partial charge in [0, 0.05) is 24.9 Å². The first-order valence-corrected chi connectivity index (χ1v) is 11.4. The number of nitrogens with one attached hydrogen (secondary N) is 1. The minimum absolute atomic E-state index is 0.137. The Morgan fingerprint density at radius 1 is 1.00 bits per heavy atom. The lowest BCUT2D eigenvalue weighted by atomic mass is 10.1. The van der Waals surface area contributed by atoms with E-state index in [4.69, 9.17) is 9.47 Å². The van der Waals surface area contributed by atoms with Gasteiger partial charge in [-0.05, 0) is 41.6 Å². The molecule has 0 atom stereocenters. The third-order valence-electron chi connectivity index (χ3n) is 5.38. The highest BCUT2D eigenvalue weighted by Crippen LogP contribution is 2.41. The van der Waals surface area contributed by atoms with Crippen LogP contribution in [0, 0.1) is 0 Å². The number of carbonyl (C=O) groups is 1. The molecule has 0 bridgehead atoms. The molecule has 3 aromatic rings. The Kier molecular flexibility index (Phi) is 5.73. The lowest BCUT2D eigenvalue weighted by Gasteiger charge is -2.18. The predicted octanol–water partition coefficient (Wildman–Crippen LogP) is 3.46. The normalized spacial score (nSPS) is 13.9. The van der Waals surface area contributed by atoms with Crippen LogP contribution in [0.5, 0.6) is 11.5 Å². The Balaban J connectivity index is 1.36. The first-order chi connectivity index (χ1) is 15.0. The van der Waals surface area contributed by atoms with E-state index >= 15 is 0 Å². The van der Waals surface area contributed by atoms with Crippen molar-refractivity contribution in [1.82, 2.24) is 5.32 Å². The molecule has 0 unspecified atom stereocenters. The summed E-state index contributed by atoms with van der Waals surface area (Å²) in [5, 5.41) is 4.52. The highest BCUT2D eigenvalue weighted by atomic mass is 32.2. The minimum Gasteiger partial charge on any atom is -0.493 e. The molecule has 0 fully saturated rings. The van der Waals surface area contributed by atoms with Gasteiger partial charge >= 0.3 is 0 Å². The molecule has 8 heteroatoms. The number of rotatable bonds is 8. The average molecular weight is 441 g/mol. The van der Waals surface area contributed by atoms with Crippen molar-refractivity contribution in [3.63, 3.8) is 0 Å². The quantitative estimate of drug-likeness (QED) is 0.580. The van der Waals surface area contributed by atoms with Crippen molar-refractivity contribution in [3.8, 4) is 11.5 Å². The van der Waals surface area contributed by atoms with Crippen LogP contribution >= 0.6 is 0 Å². The van der Waals surface area contributed by atoms with Crippen molar-refractivity contribution in [2.24, 2.45) is 0 Å². The monoisotopic (exact) mass is 440 g/mol. The lowest BCUT2D eigenvalue weighted by molar-refractivity contribution is -0.121. The molecule has 1 amide bonds. The lowest BCUT2D eigenvalue weighted by Crippen LogP contribution is -2.30. The average Bonchev–Trinajstić information content (AvgIpc) is 3.00. The van der Waals surface area contributed by atoms with Crippen molar-refractivity contribution in [2.75, 3.05) is 25.1 Å². The van der Waals surface area contributed by atoms with Crippen LogP contribution in [0.2, 0.25) is 0 Å². The zero-order valence-electron chi connectivity index (χ0n) is 17.4. The number of anilines is 1. The number of sulfonamides is 1. The molecule has 162 valence electrons. The molecule has 0 aliphatic carbocycles. The summed E-state index contributed by atoms with van der Waals surface area (Å²) in [6.07, 6.45) is 0.646. The zero-order valence-corrected chi connectivity index (χ0v) is 18.2. The summed E-state index contributed by atoms with van der Waals surface area (Å²) in [6.45, 7) is 0.603. The number of carbonyl (C=O) groups excluding carboxylic acids is 1. The van der Waals surface area contributed by atoms with Gasteiger partial charge in [-0.15, -0.1) is 0 Å². The van der Waals surface area contributed by atoms with Crippen LogP contribution < -0.4 is 19.1 Å². The fourth-order valence-corrected chi connectivity index (χ4v) is 5.61.